The Morgan fingerprint density at radius 3 is 2.78 bits per heavy atom. The fourth-order valence-corrected chi connectivity index (χ4v) is 3.79. The van der Waals surface area contributed by atoms with Gasteiger partial charge in [0.15, 0.2) is 0 Å². The van der Waals surface area contributed by atoms with Gasteiger partial charge in [-0.25, -0.2) is 0 Å². The van der Waals surface area contributed by atoms with E-state index in [0.717, 1.165) is 65.3 Å². The first-order valence-electron chi connectivity index (χ1n) is 8.66. The van der Waals surface area contributed by atoms with E-state index in [4.69, 9.17) is 14.2 Å². The number of morpholine rings is 1. The van der Waals surface area contributed by atoms with Crippen molar-refractivity contribution in [1.82, 2.24) is 9.80 Å². The third-order valence-electron chi connectivity index (χ3n) is 5.24. The SMILES string of the molecule is COC1CN(C(=O)/C=C/CN2CCOCC2)CCC12CCCO2. The van der Waals surface area contributed by atoms with Crippen LogP contribution in [-0.2, 0) is 19.0 Å². The molecule has 0 bridgehead atoms. The van der Waals surface area contributed by atoms with Crippen molar-refractivity contribution in [1.29, 1.82) is 0 Å². The molecule has 23 heavy (non-hydrogen) atoms. The second-order valence-corrected chi connectivity index (χ2v) is 6.59. The van der Waals surface area contributed by atoms with Crippen LogP contribution >= 0.6 is 0 Å². The summed E-state index contributed by atoms with van der Waals surface area (Å²) in [6, 6.07) is 0. The Kier molecular flexibility index (Phi) is 5.69. The molecule has 3 aliphatic rings. The van der Waals surface area contributed by atoms with Crippen molar-refractivity contribution in [3.05, 3.63) is 12.2 Å². The lowest BCUT2D eigenvalue weighted by Gasteiger charge is -2.44. The van der Waals surface area contributed by atoms with E-state index in [1.54, 1.807) is 13.2 Å². The smallest absolute Gasteiger partial charge is 0.246 e. The van der Waals surface area contributed by atoms with E-state index >= 15 is 0 Å². The molecule has 3 fully saturated rings. The zero-order chi connectivity index (χ0) is 16.1. The number of likely N-dealkylation sites (tertiary alicyclic amines) is 1. The number of carbonyl (C=O) groups excluding carboxylic acids is 1. The molecule has 3 aliphatic heterocycles. The van der Waals surface area contributed by atoms with Crippen LogP contribution in [0, 0.1) is 0 Å². The normalized spacial score (nSPS) is 32.9. The minimum Gasteiger partial charge on any atom is -0.379 e. The molecule has 0 aromatic heterocycles. The van der Waals surface area contributed by atoms with Crippen molar-refractivity contribution in [2.45, 2.75) is 31.0 Å². The second kappa shape index (κ2) is 7.75. The van der Waals surface area contributed by atoms with E-state index in [0.29, 0.717) is 6.54 Å². The highest BCUT2D eigenvalue weighted by atomic mass is 16.6. The van der Waals surface area contributed by atoms with E-state index in [-0.39, 0.29) is 17.6 Å². The van der Waals surface area contributed by atoms with Crippen LogP contribution in [0.25, 0.3) is 0 Å². The Labute approximate surface area is 138 Å². The highest BCUT2D eigenvalue weighted by molar-refractivity contribution is 5.87. The lowest BCUT2D eigenvalue weighted by Crippen LogP contribution is -2.57. The first-order chi connectivity index (χ1) is 11.2. The molecule has 130 valence electrons. The van der Waals surface area contributed by atoms with Crippen LogP contribution in [0.2, 0.25) is 0 Å². The highest BCUT2D eigenvalue weighted by Crippen LogP contribution is 2.37. The van der Waals surface area contributed by atoms with Crippen LogP contribution in [0.3, 0.4) is 0 Å². The lowest BCUT2D eigenvalue weighted by atomic mass is 9.86. The summed E-state index contributed by atoms with van der Waals surface area (Å²) < 4.78 is 16.9. The summed E-state index contributed by atoms with van der Waals surface area (Å²) in [5.41, 5.74) is -0.164. The molecule has 0 aromatic rings. The van der Waals surface area contributed by atoms with Gasteiger partial charge in [0.25, 0.3) is 0 Å². The van der Waals surface area contributed by atoms with Gasteiger partial charge < -0.3 is 19.1 Å². The van der Waals surface area contributed by atoms with Crippen molar-refractivity contribution in [3.8, 4) is 0 Å². The third kappa shape index (κ3) is 3.94. The summed E-state index contributed by atoms with van der Waals surface area (Å²) in [7, 11) is 1.72. The predicted octanol–water partition coefficient (Wildman–Crippen LogP) is 0.671. The minimum atomic E-state index is -0.164. The van der Waals surface area contributed by atoms with E-state index in [2.05, 4.69) is 4.90 Å². The van der Waals surface area contributed by atoms with Crippen molar-refractivity contribution >= 4 is 5.91 Å². The molecule has 0 aliphatic carbocycles. The minimum absolute atomic E-state index is 0.0182. The van der Waals surface area contributed by atoms with Crippen LogP contribution in [0.1, 0.15) is 19.3 Å². The van der Waals surface area contributed by atoms with Gasteiger partial charge in [0.2, 0.25) is 5.91 Å². The first kappa shape index (κ1) is 16.9. The van der Waals surface area contributed by atoms with Gasteiger partial charge in [-0.2, -0.15) is 0 Å². The second-order valence-electron chi connectivity index (χ2n) is 6.59. The maximum atomic E-state index is 12.4. The van der Waals surface area contributed by atoms with Crippen molar-refractivity contribution in [2.24, 2.45) is 0 Å². The molecule has 0 saturated carbocycles. The Balaban J connectivity index is 1.50. The molecule has 3 heterocycles. The highest BCUT2D eigenvalue weighted by Gasteiger charge is 2.47. The summed E-state index contributed by atoms with van der Waals surface area (Å²) in [4.78, 5) is 16.6. The number of amides is 1. The number of carbonyl (C=O) groups is 1. The number of ether oxygens (including phenoxy) is 3. The van der Waals surface area contributed by atoms with Gasteiger partial charge in [0.1, 0.15) is 6.10 Å². The average Bonchev–Trinajstić information content (AvgIpc) is 3.05. The number of piperidine rings is 1. The van der Waals surface area contributed by atoms with Crippen LogP contribution < -0.4 is 0 Å². The van der Waals surface area contributed by atoms with Gasteiger partial charge in [-0.15, -0.1) is 0 Å². The van der Waals surface area contributed by atoms with Crippen LogP contribution in [0.5, 0.6) is 0 Å². The van der Waals surface area contributed by atoms with Crippen LogP contribution in [0.15, 0.2) is 12.2 Å². The van der Waals surface area contributed by atoms with Crippen LogP contribution in [0.4, 0.5) is 0 Å². The largest absolute Gasteiger partial charge is 0.379 e. The molecule has 6 nitrogen and oxygen atoms in total. The van der Waals surface area contributed by atoms with Crippen LogP contribution in [-0.4, -0.2) is 87.1 Å². The fraction of sp³-hybridized carbons (Fsp3) is 0.824. The number of nitrogens with zero attached hydrogens (tertiary/aromatic N) is 2. The average molecular weight is 324 g/mol. The van der Waals surface area contributed by atoms with E-state index < -0.39 is 0 Å². The Morgan fingerprint density at radius 1 is 1.26 bits per heavy atom. The van der Waals surface area contributed by atoms with Crippen molar-refractivity contribution < 1.29 is 19.0 Å². The maximum Gasteiger partial charge on any atom is 0.246 e. The van der Waals surface area contributed by atoms with Gasteiger partial charge in [-0.05, 0) is 19.3 Å². The Morgan fingerprint density at radius 2 is 2.09 bits per heavy atom. The van der Waals surface area contributed by atoms with Gasteiger partial charge >= 0.3 is 0 Å². The predicted molar refractivity (Wildman–Crippen MR) is 86.3 cm³/mol. The first-order valence-corrected chi connectivity index (χ1v) is 8.66. The zero-order valence-electron chi connectivity index (χ0n) is 14.0. The lowest BCUT2D eigenvalue weighted by molar-refractivity contribution is -0.155. The van der Waals surface area contributed by atoms with Gasteiger partial charge in [0, 0.05) is 52.5 Å². The number of hydrogen-bond donors (Lipinski definition) is 0. The summed E-state index contributed by atoms with van der Waals surface area (Å²) in [5.74, 6) is 0.0770. The molecule has 1 spiro atoms. The molecule has 0 aromatic carbocycles. The molecule has 2 unspecified atom stereocenters. The standard InChI is InChI=1S/C17H28N2O4/c1-21-15-14-19(8-6-17(15)5-3-11-23-17)16(20)4-2-7-18-9-12-22-13-10-18/h2,4,15H,3,5-14H2,1H3/b4-2+. The molecule has 6 heteroatoms. The quantitative estimate of drug-likeness (QED) is 0.712. The van der Waals surface area contributed by atoms with E-state index in [9.17, 15) is 4.79 Å². The molecule has 1 amide bonds. The molecular weight excluding hydrogens is 296 g/mol. The fourth-order valence-electron chi connectivity index (χ4n) is 3.79. The summed E-state index contributed by atoms with van der Waals surface area (Å²) in [5, 5.41) is 0. The Bertz CT molecular complexity index is 428. The van der Waals surface area contributed by atoms with Crippen molar-refractivity contribution in [2.75, 3.05) is 59.7 Å². The number of methoxy groups -OCH3 is 1. The summed E-state index contributed by atoms with van der Waals surface area (Å²) >= 11 is 0. The van der Waals surface area contributed by atoms with E-state index in [1.165, 1.54) is 0 Å². The van der Waals surface area contributed by atoms with Gasteiger partial charge in [-0.3, -0.25) is 9.69 Å². The summed E-state index contributed by atoms with van der Waals surface area (Å²) in [6.07, 6.45) is 6.65. The Hall–Kier alpha value is -0.950. The third-order valence-corrected chi connectivity index (χ3v) is 5.24. The number of hydrogen-bond acceptors (Lipinski definition) is 5. The molecule has 3 saturated heterocycles. The molecule has 0 radical (unpaired) electrons. The zero-order valence-corrected chi connectivity index (χ0v) is 14.0. The topological polar surface area (TPSA) is 51.2 Å². The molecule has 2 atom stereocenters. The molecule has 3 rings (SSSR count). The monoisotopic (exact) mass is 324 g/mol. The van der Waals surface area contributed by atoms with Gasteiger partial charge in [0.05, 0.1) is 18.8 Å². The van der Waals surface area contributed by atoms with Crippen molar-refractivity contribution in [3.63, 3.8) is 0 Å². The molecular formula is C17H28N2O4. The number of rotatable bonds is 4. The maximum absolute atomic E-state index is 12.4. The van der Waals surface area contributed by atoms with Gasteiger partial charge in [-0.1, -0.05) is 6.08 Å². The summed E-state index contributed by atoms with van der Waals surface area (Å²) in [6.45, 7) is 6.44. The van der Waals surface area contributed by atoms with E-state index in [1.807, 2.05) is 11.0 Å². The molecule has 0 N–H and O–H groups in total.